The van der Waals surface area contributed by atoms with Gasteiger partial charge in [0.2, 0.25) is 0 Å². The minimum Gasteiger partial charge on any atom is -0.507 e. The van der Waals surface area contributed by atoms with Gasteiger partial charge in [0.25, 0.3) is 0 Å². The van der Waals surface area contributed by atoms with Crippen LogP contribution >= 0.6 is 0 Å². The number of benzene rings is 2. The maximum Gasteiger partial charge on any atom is 0.124 e. The van der Waals surface area contributed by atoms with Crippen molar-refractivity contribution in [3.8, 4) is 23.0 Å². The van der Waals surface area contributed by atoms with Crippen LogP contribution in [-0.4, -0.2) is 48.9 Å². The summed E-state index contributed by atoms with van der Waals surface area (Å²) >= 11 is 0. The van der Waals surface area contributed by atoms with E-state index in [1.807, 2.05) is 0 Å². The molecule has 0 saturated heterocycles. The molecule has 0 unspecified atom stereocenters. The molecule has 0 fully saturated rings. The van der Waals surface area contributed by atoms with Gasteiger partial charge in [-0.15, -0.1) is 0 Å². The molecule has 0 radical (unpaired) electrons. The Kier molecular flexibility index (Phi) is 14.7. The molecule has 7 heteroatoms. The molecule has 0 aliphatic heterocycles. The van der Waals surface area contributed by atoms with Gasteiger partial charge in [0, 0.05) is 40.0 Å². The van der Waals surface area contributed by atoms with E-state index in [9.17, 15) is 10.2 Å². The van der Waals surface area contributed by atoms with Crippen LogP contribution in [0.15, 0.2) is 46.4 Å². The third-order valence-electron chi connectivity index (χ3n) is 4.85. The molecule has 2 aromatic carbocycles. The molecule has 0 saturated carbocycles. The van der Waals surface area contributed by atoms with Crippen molar-refractivity contribution in [2.45, 2.75) is 52.4 Å². The summed E-state index contributed by atoms with van der Waals surface area (Å²) in [5, 5.41) is 20.1. The van der Waals surface area contributed by atoms with Gasteiger partial charge in [-0.1, -0.05) is 39.5 Å². The SMILES string of the molecule is CCCCCOc1ccc(O)c(C=NCCN=Cc2cc(OCCCCC)ccc2O)c1.[Ni]. The van der Waals surface area contributed by atoms with Crippen molar-refractivity contribution >= 4 is 12.4 Å². The van der Waals surface area contributed by atoms with E-state index in [2.05, 4.69) is 23.8 Å². The number of nitrogens with zero attached hydrogens (tertiary/aromatic N) is 2. The third kappa shape index (κ3) is 11.2. The molecule has 2 N–H and O–H groups in total. The fourth-order valence-corrected chi connectivity index (χ4v) is 2.98. The average Bonchev–Trinajstić information content (AvgIpc) is 2.80. The Hall–Kier alpha value is -2.53. The molecule has 33 heavy (non-hydrogen) atoms. The topological polar surface area (TPSA) is 83.6 Å². The van der Waals surface area contributed by atoms with E-state index in [1.165, 1.54) is 0 Å². The summed E-state index contributed by atoms with van der Waals surface area (Å²) in [7, 11) is 0. The zero-order chi connectivity index (χ0) is 23.0. The molecule has 0 amide bonds. The largest absolute Gasteiger partial charge is 0.507 e. The van der Waals surface area contributed by atoms with Crippen molar-refractivity contribution in [2.75, 3.05) is 26.3 Å². The summed E-state index contributed by atoms with van der Waals surface area (Å²) in [6.07, 6.45) is 9.87. The second-order valence-corrected chi connectivity index (χ2v) is 7.62. The van der Waals surface area contributed by atoms with Gasteiger partial charge in [-0.2, -0.15) is 0 Å². The Bertz CT molecular complexity index is 800. The number of phenolic OH excluding ortho intramolecular Hbond substituents is 2. The van der Waals surface area contributed by atoms with E-state index in [4.69, 9.17) is 9.47 Å². The van der Waals surface area contributed by atoms with Crippen LogP contribution in [0.2, 0.25) is 0 Å². The van der Waals surface area contributed by atoms with E-state index in [1.54, 1.807) is 48.8 Å². The number of unbranched alkanes of at least 4 members (excludes halogenated alkanes) is 4. The molecular weight excluding hydrogens is 463 g/mol. The van der Waals surface area contributed by atoms with Crippen LogP contribution in [-0.2, 0) is 16.5 Å². The van der Waals surface area contributed by atoms with Crippen molar-refractivity contribution in [3.05, 3.63) is 47.5 Å². The number of ether oxygens (including phenoxy) is 2. The zero-order valence-electron chi connectivity index (χ0n) is 19.6. The van der Waals surface area contributed by atoms with Crippen LogP contribution in [0.25, 0.3) is 0 Å². The smallest absolute Gasteiger partial charge is 0.124 e. The van der Waals surface area contributed by atoms with E-state index >= 15 is 0 Å². The summed E-state index contributed by atoms with van der Waals surface area (Å²) in [5.41, 5.74) is 1.24. The van der Waals surface area contributed by atoms with Crippen LogP contribution < -0.4 is 9.47 Å². The molecular formula is C26H36N2NiO4. The van der Waals surface area contributed by atoms with Crippen LogP contribution in [0.4, 0.5) is 0 Å². The van der Waals surface area contributed by atoms with Crippen molar-refractivity contribution in [1.29, 1.82) is 0 Å². The maximum atomic E-state index is 10.0. The average molecular weight is 499 g/mol. The summed E-state index contributed by atoms with van der Waals surface area (Å²) in [5.74, 6) is 1.79. The van der Waals surface area contributed by atoms with Gasteiger partial charge in [0.15, 0.2) is 0 Å². The number of rotatable bonds is 15. The Morgan fingerprint density at radius 1 is 0.697 bits per heavy atom. The van der Waals surface area contributed by atoms with Gasteiger partial charge in [-0.05, 0) is 49.2 Å². The second-order valence-electron chi connectivity index (χ2n) is 7.62. The second kappa shape index (κ2) is 17.0. The van der Waals surface area contributed by atoms with Crippen molar-refractivity contribution in [3.63, 3.8) is 0 Å². The van der Waals surface area contributed by atoms with Gasteiger partial charge in [-0.25, -0.2) is 0 Å². The van der Waals surface area contributed by atoms with Gasteiger partial charge in [-0.3, -0.25) is 9.98 Å². The molecule has 184 valence electrons. The van der Waals surface area contributed by atoms with Crippen LogP contribution in [0.1, 0.15) is 63.5 Å². The quantitative estimate of drug-likeness (QED) is 0.185. The Morgan fingerprint density at radius 2 is 1.12 bits per heavy atom. The number of phenols is 2. The predicted molar refractivity (Wildman–Crippen MR) is 131 cm³/mol. The molecule has 0 heterocycles. The summed E-state index contributed by atoms with van der Waals surface area (Å²) in [6, 6.07) is 10.3. The normalized spacial score (nSPS) is 11.1. The van der Waals surface area contributed by atoms with E-state index in [0.717, 1.165) is 50.0 Å². The fraction of sp³-hybridized carbons (Fsp3) is 0.462. The summed E-state index contributed by atoms with van der Waals surface area (Å²) in [4.78, 5) is 8.68. The number of hydrogen-bond donors (Lipinski definition) is 2. The van der Waals surface area contributed by atoms with Gasteiger partial charge < -0.3 is 19.7 Å². The molecule has 6 nitrogen and oxygen atoms in total. The standard InChI is InChI=1S/C26H36N2O4.Ni/c1-3-5-7-15-31-23-9-11-25(29)21(17-23)19-27-13-14-28-20-22-18-24(10-12-26(22)30)32-16-8-6-4-2;/h9-12,17-20,29-30H,3-8,13-16H2,1-2H3;. The first-order chi connectivity index (χ1) is 15.6. The molecule has 0 aromatic heterocycles. The molecule has 0 aliphatic carbocycles. The van der Waals surface area contributed by atoms with Crippen LogP contribution in [0, 0.1) is 0 Å². The first kappa shape index (κ1) is 28.5. The molecule has 0 atom stereocenters. The van der Waals surface area contributed by atoms with E-state index in [-0.39, 0.29) is 28.0 Å². The zero-order valence-corrected chi connectivity index (χ0v) is 20.6. The number of aromatic hydroxyl groups is 2. The van der Waals surface area contributed by atoms with Gasteiger partial charge in [0.1, 0.15) is 23.0 Å². The first-order valence-electron chi connectivity index (χ1n) is 11.5. The fourth-order valence-electron chi connectivity index (χ4n) is 2.98. The van der Waals surface area contributed by atoms with Crippen molar-refractivity contribution in [2.24, 2.45) is 9.98 Å². The molecule has 2 rings (SSSR count). The minimum atomic E-state index is 0. The molecule has 2 aromatic rings. The first-order valence-corrected chi connectivity index (χ1v) is 11.5. The maximum absolute atomic E-state index is 10.0. The van der Waals surface area contributed by atoms with Crippen molar-refractivity contribution < 1.29 is 36.2 Å². The Balaban J connectivity index is 0.00000544. The summed E-state index contributed by atoms with van der Waals surface area (Å²) < 4.78 is 11.4. The van der Waals surface area contributed by atoms with Crippen molar-refractivity contribution in [1.82, 2.24) is 0 Å². The molecule has 0 aliphatic rings. The van der Waals surface area contributed by atoms with Crippen LogP contribution in [0.3, 0.4) is 0 Å². The molecule has 0 bridgehead atoms. The molecule has 0 spiro atoms. The summed E-state index contributed by atoms with van der Waals surface area (Å²) in [6.45, 7) is 6.58. The monoisotopic (exact) mass is 498 g/mol. The Morgan fingerprint density at radius 3 is 1.52 bits per heavy atom. The van der Waals surface area contributed by atoms with Gasteiger partial charge >= 0.3 is 0 Å². The number of aliphatic imine (C=N–C) groups is 2. The van der Waals surface area contributed by atoms with Gasteiger partial charge in [0.05, 0.1) is 26.3 Å². The third-order valence-corrected chi connectivity index (χ3v) is 4.85. The predicted octanol–water partition coefficient (Wildman–Crippen LogP) is 5.77. The van der Waals surface area contributed by atoms with E-state index in [0.29, 0.717) is 37.4 Å². The van der Waals surface area contributed by atoms with Crippen LogP contribution in [0.5, 0.6) is 23.0 Å². The number of hydrogen-bond acceptors (Lipinski definition) is 6. The minimum absolute atomic E-state index is 0. The van der Waals surface area contributed by atoms with E-state index < -0.39 is 0 Å². The Labute approximate surface area is 207 Å².